The van der Waals surface area contributed by atoms with Crippen LogP contribution in [0.5, 0.6) is 0 Å². The zero-order valence-corrected chi connectivity index (χ0v) is 27.4. The van der Waals surface area contributed by atoms with Gasteiger partial charge in [-0.15, -0.1) is 0 Å². The number of pyridine rings is 1. The van der Waals surface area contributed by atoms with Crippen LogP contribution in [0.25, 0.3) is 5.57 Å². The average molecular weight is 620 g/mol. The second kappa shape index (κ2) is 11.4. The van der Waals surface area contributed by atoms with E-state index in [1.165, 1.54) is 6.42 Å². The number of hydrogen-bond acceptors (Lipinski definition) is 4. The topological polar surface area (TPSA) is 51.6 Å². The highest BCUT2D eigenvalue weighted by Crippen LogP contribution is 2.57. The van der Waals surface area contributed by atoms with Crippen LogP contribution >= 0.6 is 0 Å². The summed E-state index contributed by atoms with van der Waals surface area (Å²) in [5, 5.41) is 11.9. The van der Waals surface area contributed by atoms with Gasteiger partial charge in [0.05, 0.1) is 24.9 Å². The maximum atomic E-state index is 15.4. The van der Waals surface area contributed by atoms with E-state index in [9.17, 15) is 18.3 Å². The van der Waals surface area contributed by atoms with Gasteiger partial charge in [0.15, 0.2) is 8.32 Å². The van der Waals surface area contributed by atoms with Gasteiger partial charge in [-0.2, -0.15) is 13.2 Å². The predicted molar refractivity (Wildman–Crippen MR) is 163 cm³/mol. The van der Waals surface area contributed by atoms with Gasteiger partial charge in [-0.05, 0) is 84.8 Å². The van der Waals surface area contributed by atoms with E-state index in [1.807, 2.05) is 19.9 Å². The molecule has 2 atom stereocenters. The molecule has 236 valence electrons. The van der Waals surface area contributed by atoms with Crippen molar-refractivity contribution in [1.82, 2.24) is 4.98 Å². The monoisotopic (exact) mass is 619 g/mol. The summed E-state index contributed by atoms with van der Waals surface area (Å²) in [6, 6.07) is 2.36. The fourth-order valence-electron chi connectivity index (χ4n) is 6.68. The van der Waals surface area contributed by atoms with Gasteiger partial charge in [0.1, 0.15) is 11.9 Å². The standard InChI is InChI=1S/C34H45F4NO3Si/c1-20(2)30-29(31(40)23-10-9-22(17-24(23)35)34(36,37)38)27(21-11-15-41-16-12-21)28-25(39-30)18-33(13-8-14-33)19-26(28)42-43(6,7)32(3,4)5/h9-11,17,20,26,31,40H,8,12-16,18-19H2,1-7H3. The molecule has 2 heterocycles. The summed E-state index contributed by atoms with van der Waals surface area (Å²) in [5.74, 6) is -1.21. The first-order valence-corrected chi connectivity index (χ1v) is 18.4. The molecule has 4 nitrogen and oxygen atoms in total. The molecular weight excluding hydrogens is 574 g/mol. The maximum Gasteiger partial charge on any atom is 0.416 e. The first kappa shape index (κ1) is 32.3. The van der Waals surface area contributed by atoms with Crippen LogP contribution in [-0.4, -0.2) is 31.6 Å². The number of ether oxygens (including phenoxy) is 1. The number of rotatable bonds is 6. The van der Waals surface area contributed by atoms with Crippen LogP contribution in [0.2, 0.25) is 18.1 Å². The molecule has 2 unspecified atom stereocenters. The molecule has 9 heteroatoms. The Balaban J connectivity index is 1.78. The van der Waals surface area contributed by atoms with Crippen molar-refractivity contribution in [2.75, 3.05) is 13.2 Å². The number of aliphatic hydroxyl groups excluding tert-OH is 1. The van der Waals surface area contributed by atoms with Crippen molar-refractivity contribution in [2.45, 2.75) is 116 Å². The van der Waals surface area contributed by atoms with E-state index in [-0.39, 0.29) is 28.0 Å². The average Bonchev–Trinajstić information content (AvgIpc) is 2.89. The summed E-state index contributed by atoms with van der Waals surface area (Å²) >= 11 is 0. The van der Waals surface area contributed by atoms with Crippen molar-refractivity contribution in [3.05, 3.63) is 69.3 Å². The van der Waals surface area contributed by atoms with Crippen molar-refractivity contribution in [3.63, 3.8) is 0 Å². The number of alkyl halides is 3. The molecule has 2 aromatic rings. The van der Waals surface area contributed by atoms with Crippen LogP contribution in [0.4, 0.5) is 17.6 Å². The van der Waals surface area contributed by atoms with E-state index in [0.717, 1.165) is 60.2 Å². The number of aromatic nitrogens is 1. The van der Waals surface area contributed by atoms with Crippen LogP contribution in [0.1, 0.15) is 124 Å². The minimum atomic E-state index is -4.69. The lowest BCUT2D eigenvalue weighted by Gasteiger charge is -2.51. The van der Waals surface area contributed by atoms with Gasteiger partial charge in [0, 0.05) is 28.1 Å². The Morgan fingerprint density at radius 3 is 2.35 bits per heavy atom. The Hall–Kier alpha value is -2.07. The summed E-state index contributed by atoms with van der Waals surface area (Å²) in [5.41, 5.74) is 3.70. The Morgan fingerprint density at radius 2 is 1.84 bits per heavy atom. The number of fused-ring (bicyclic) bond motifs is 1. The highest BCUT2D eigenvalue weighted by molar-refractivity contribution is 6.74. The lowest BCUT2D eigenvalue weighted by Crippen LogP contribution is -2.46. The Morgan fingerprint density at radius 1 is 1.14 bits per heavy atom. The third kappa shape index (κ3) is 6.11. The second-order valence-electron chi connectivity index (χ2n) is 14.6. The fraction of sp³-hybridized carbons (Fsp3) is 0.618. The molecule has 1 N–H and O–H groups in total. The zero-order chi connectivity index (χ0) is 31.5. The molecule has 3 aliphatic rings. The highest BCUT2D eigenvalue weighted by Gasteiger charge is 2.49. The van der Waals surface area contributed by atoms with E-state index in [2.05, 4.69) is 33.9 Å². The van der Waals surface area contributed by atoms with Gasteiger partial charge < -0.3 is 14.3 Å². The highest BCUT2D eigenvalue weighted by atomic mass is 28.4. The quantitative estimate of drug-likeness (QED) is 0.259. The van der Waals surface area contributed by atoms with Crippen molar-refractivity contribution in [1.29, 1.82) is 0 Å². The maximum absolute atomic E-state index is 15.4. The van der Waals surface area contributed by atoms with Gasteiger partial charge in [0.25, 0.3) is 0 Å². The van der Waals surface area contributed by atoms with E-state index < -0.39 is 32.0 Å². The lowest BCUT2D eigenvalue weighted by atomic mass is 9.59. The minimum Gasteiger partial charge on any atom is -0.410 e. The molecular formula is C34H45F4NO3Si. The number of hydrogen-bond donors (Lipinski definition) is 1. The Kier molecular flexibility index (Phi) is 8.55. The van der Waals surface area contributed by atoms with Crippen LogP contribution in [0.15, 0.2) is 24.3 Å². The lowest BCUT2D eigenvalue weighted by molar-refractivity contribution is -0.137. The molecule has 0 amide bonds. The smallest absolute Gasteiger partial charge is 0.410 e. The summed E-state index contributed by atoms with van der Waals surface area (Å²) in [4.78, 5) is 5.24. The molecule has 0 bridgehead atoms. The first-order valence-electron chi connectivity index (χ1n) is 15.5. The molecule has 1 aromatic carbocycles. The number of halogens is 4. The largest absolute Gasteiger partial charge is 0.416 e. The van der Waals surface area contributed by atoms with Crippen LogP contribution in [0.3, 0.4) is 0 Å². The third-order valence-electron chi connectivity index (χ3n) is 10.2. The molecule has 1 aliphatic heterocycles. The number of benzene rings is 1. The van der Waals surface area contributed by atoms with Crippen molar-refractivity contribution < 1.29 is 31.8 Å². The number of nitrogens with zero attached hydrogens (tertiary/aromatic N) is 1. The SMILES string of the molecule is CC(C)c1nc2c(c(C3=CCOCC3)c1C(O)c1ccc(C(F)(F)F)cc1F)C(O[Si](C)(C)C(C)(C)C)CC1(CCC1)C2. The van der Waals surface area contributed by atoms with E-state index >= 15 is 4.39 Å². The third-order valence-corrected chi connectivity index (χ3v) is 14.7. The molecule has 1 aromatic heterocycles. The zero-order valence-electron chi connectivity index (χ0n) is 26.4. The van der Waals surface area contributed by atoms with Crippen LogP contribution in [0, 0.1) is 11.2 Å². The van der Waals surface area contributed by atoms with Gasteiger partial charge in [-0.25, -0.2) is 4.39 Å². The molecule has 1 saturated carbocycles. The van der Waals surface area contributed by atoms with Gasteiger partial charge in [0.2, 0.25) is 0 Å². The molecule has 1 spiro atoms. The summed E-state index contributed by atoms with van der Waals surface area (Å²) < 4.78 is 68.4. The van der Waals surface area contributed by atoms with E-state index in [1.54, 1.807) is 0 Å². The van der Waals surface area contributed by atoms with Crippen molar-refractivity contribution >= 4 is 13.9 Å². The van der Waals surface area contributed by atoms with Crippen LogP contribution < -0.4 is 0 Å². The summed E-state index contributed by atoms with van der Waals surface area (Å²) in [6.45, 7) is 16.0. The van der Waals surface area contributed by atoms with Crippen LogP contribution in [-0.2, 0) is 21.8 Å². The molecule has 2 aliphatic carbocycles. The molecule has 0 saturated heterocycles. The second-order valence-corrected chi connectivity index (χ2v) is 19.3. The van der Waals surface area contributed by atoms with Crippen molar-refractivity contribution in [2.24, 2.45) is 5.41 Å². The minimum absolute atomic E-state index is 0.0352. The summed E-state index contributed by atoms with van der Waals surface area (Å²) in [7, 11) is -2.26. The van der Waals surface area contributed by atoms with Gasteiger partial charge in [-0.3, -0.25) is 4.98 Å². The predicted octanol–water partition coefficient (Wildman–Crippen LogP) is 9.43. The van der Waals surface area contributed by atoms with E-state index in [4.69, 9.17) is 14.1 Å². The molecule has 5 rings (SSSR count). The Bertz CT molecular complexity index is 1410. The fourth-order valence-corrected chi connectivity index (χ4v) is 7.94. The molecule has 43 heavy (non-hydrogen) atoms. The van der Waals surface area contributed by atoms with Crippen molar-refractivity contribution in [3.8, 4) is 0 Å². The van der Waals surface area contributed by atoms with Gasteiger partial charge >= 0.3 is 6.18 Å². The molecule has 0 radical (unpaired) electrons. The van der Waals surface area contributed by atoms with E-state index in [0.29, 0.717) is 37.0 Å². The first-order chi connectivity index (χ1) is 19.9. The normalized spacial score (nSPS) is 21.4. The molecule has 1 fully saturated rings. The number of aliphatic hydroxyl groups is 1. The van der Waals surface area contributed by atoms with Gasteiger partial charge in [-0.1, -0.05) is 53.2 Å². The summed E-state index contributed by atoms with van der Waals surface area (Å²) in [6.07, 6.45) is 1.26. The Labute approximate surface area is 254 Å².